The highest BCUT2D eigenvalue weighted by Crippen LogP contribution is 2.27. The van der Waals surface area contributed by atoms with Gasteiger partial charge in [0.25, 0.3) is 0 Å². The number of hydrogen-bond donors (Lipinski definition) is 1. The zero-order chi connectivity index (χ0) is 7.68. The van der Waals surface area contributed by atoms with Gasteiger partial charge >= 0.3 is 0 Å². The lowest BCUT2D eigenvalue weighted by Crippen LogP contribution is -2.47. The molecule has 2 aliphatic rings. The predicted molar refractivity (Wildman–Crippen MR) is 50.6 cm³/mol. The summed E-state index contributed by atoms with van der Waals surface area (Å²) in [4.78, 5) is 11.4. The molecule has 12 heavy (non-hydrogen) atoms. The van der Waals surface area contributed by atoms with E-state index >= 15 is 0 Å². The first kappa shape index (κ1) is 10.0. The van der Waals surface area contributed by atoms with Gasteiger partial charge in [-0.3, -0.25) is 4.79 Å². The van der Waals surface area contributed by atoms with Crippen LogP contribution in [0.25, 0.3) is 0 Å². The Morgan fingerprint density at radius 1 is 1.25 bits per heavy atom. The number of nitrogens with one attached hydrogen (secondary N) is 1. The lowest BCUT2D eigenvalue weighted by atomic mass is 9.79. The molecule has 0 aromatic heterocycles. The van der Waals surface area contributed by atoms with Crippen LogP contribution in [0.5, 0.6) is 0 Å². The number of Topliss-reactive ketones (excluding diaryl/α,β-unsaturated/α-hetero) is 1. The van der Waals surface area contributed by atoms with Crippen LogP contribution in [-0.2, 0) is 4.79 Å². The molecule has 1 N–H and O–H groups in total. The van der Waals surface area contributed by atoms with Crippen LogP contribution in [0.3, 0.4) is 0 Å². The molecule has 2 fully saturated rings. The van der Waals surface area contributed by atoms with Crippen molar-refractivity contribution in [2.24, 2.45) is 5.92 Å². The molecule has 1 aliphatic heterocycles. The fourth-order valence-electron chi connectivity index (χ4n) is 2.33. The molecule has 70 valence electrons. The lowest BCUT2D eigenvalue weighted by Gasteiger charge is -2.34. The molecule has 1 saturated heterocycles. The first-order chi connectivity index (χ1) is 5.38. The summed E-state index contributed by atoms with van der Waals surface area (Å²) in [5, 5.41) is 3.43. The lowest BCUT2D eigenvalue weighted by molar-refractivity contribution is -0.126. The molecule has 2 rings (SSSR count). The van der Waals surface area contributed by atoms with E-state index in [1.54, 1.807) is 0 Å². The van der Waals surface area contributed by atoms with Gasteiger partial charge in [-0.15, -0.1) is 12.4 Å². The molecule has 0 bridgehead atoms. The van der Waals surface area contributed by atoms with Crippen LogP contribution >= 0.6 is 12.4 Å². The van der Waals surface area contributed by atoms with Gasteiger partial charge in [-0.05, 0) is 12.8 Å². The van der Waals surface area contributed by atoms with Crippen molar-refractivity contribution in [3.8, 4) is 0 Å². The van der Waals surface area contributed by atoms with Gasteiger partial charge in [-0.25, -0.2) is 0 Å². The summed E-state index contributed by atoms with van der Waals surface area (Å²) in [6.45, 7) is 0.917. The standard InChI is InChI=1S/C9H15NO.ClH/c11-9-5-6-10-8-4-2-1-3-7(8)9;/h7-8,10H,1-6H2;1H. The maximum atomic E-state index is 11.4. The van der Waals surface area contributed by atoms with Gasteiger partial charge in [0.1, 0.15) is 5.78 Å². The van der Waals surface area contributed by atoms with Crippen molar-refractivity contribution < 1.29 is 4.79 Å². The largest absolute Gasteiger partial charge is 0.313 e. The van der Waals surface area contributed by atoms with E-state index in [2.05, 4.69) is 5.32 Å². The first-order valence-corrected chi connectivity index (χ1v) is 4.64. The molecule has 3 heteroatoms. The van der Waals surface area contributed by atoms with Gasteiger partial charge in [0, 0.05) is 24.9 Å². The van der Waals surface area contributed by atoms with Gasteiger partial charge < -0.3 is 5.32 Å². The third-order valence-electron chi connectivity index (χ3n) is 2.96. The highest BCUT2D eigenvalue weighted by atomic mass is 35.5. The van der Waals surface area contributed by atoms with Crippen LogP contribution in [-0.4, -0.2) is 18.4 Å². The maximum Gasteiger partial charge on any atom is 0.138 e. The van der Waals surface area contributed by atoms with Crippen molar-refractivity contribution in [1.82, 2.24) is 5.32 Å². The van der Waals surface area contributed by atoms with E-state index in [4.69, 9.17) is 0 Å². The molecule has 1 saturated carbocycles. The van der Waals surface area contributed by atoms with E-state index in [1.165, 1.54) is 19.3 Å². The summed E-state index contributed by atoms with van der Waals surface area (Å²) in [7, 11) is 0. The SMILES string of the molecule is Cl.O=C1CCNC2CCCCC12. The number of hydrogen-bond acceptors (Lipinski definition) is 2. The Labute approximate surface area is 79.5 Å². The number of halogens is 1. The zero-order valence-corrected chi connectivity index (χ0v) is 8.03. The number of ketones is 1. The fourth-order valence-corrected chi connectivity index (χ4v) is 2.33. The summed E-state index contributed by atoms with van der Waals surface area (Å²) in [6.07, 6.45) is 5.68. The Kier molecular flexibility index (Phi) is 3.53. The van der Waals surface area contributed by atoms with Crippen LogP contribution < -0.4 is 5.32 Å². The Morgan fingerprint density at radius 2 is 2.00 bits per heavy atom. The third kappa shape index (κ3) is 1.80. The molecule has 0 aromatic rings. The molecule has 0 radical (unpaired) electrons. The predicted octanol–water partition coefficient (Wildman–Crippen LogP) is 1.53. The highest BCUT2D eigenvalue weighted by molar-refractivity contribution is 5.85. The van der Waals surface area contributed by atoms with Crippen LogP contribution in [0.2, 0.25) is 0 Å². The molecule has 1 heterocycles. The van der Waals surface area contributed by atoms with Gasteiger partial charge in [-0.1, -0.05) is 12.8 Å². The molecule has 2 atom stereocenters. The average Bonchev–Trinajstić information content (AvgIpc) is 2.06. The second-order valence-corrected chi connectivity index (χ2v) is 3.67. The fraction of sp³-hybridized carbons (Fsp3) is 0.889. The van der Waals surface area contributed by atoms with Crippen LogP contribution in [0.15, 0.2) is 0 Å². The summed E-state index contributed by atoms with van der Waals surface area (Å²) in [5.41, 5.74) is 0. The van der Waals surface area contributed by atoms with E-state index in [9.17, 15) is 4.79 Å². The van der Waals surface area contributed by atoms with Gasteiger partial charge in [0.05, 0.1) is 0 Å². The molecule has 0 spiro atoms. The molecule has 2 unspecified atom stereocenters. The number of fused-ring (bicyclic) bond motifs is 1. The maximum absolute atomic E-state index is 11.4. The summed E-state index contributed by atoms with van der Waals surface area (Å²) in [6, 6.07) is 0.532. The molecular weight excluding hydrogens is 174 g/mol. The zero-order valence-electron chi connectivity index (χ0n) is 7.21. The van der Waals surface area contributed by atoms with E-state index in [-0.39, 0.29) is 12.4 Å². The van der Waals surface area contributed by atoms with Crippen LogP contribution in [0.4, 0.5) is 0 Å². The van der Waals surface area contributed by atoms with Crippen molar-refractivity contribution in [1.29, 1.82) is 0 Å². The van der Waals surface area contributed by atoms with Crippen molar-refractivity contribution in [3.63, 3.8) is 0 Å². The minimum absolute atomic E-state index is 0. The topological polar surface area (TPSA) is 29.1 Å². The van der Waals surface area contributed by atoms with Crippen LogP contribution in [0, 0.1) is 5.92 Å². The van der Waals surface area contributed by atoms with E-state index in [0.29, 0.717) is 17.7 Å². The Morgan fingerprint density at radius 3 is 2.75 bits per heavy atom. The highest BCUT2D eigenvalue weighted by Gasteiger charge is 2.32. The van der Waals surface area contributed by atoms with Gasteiger partial charge in [0.15, 0.2) is 0 Å². The second kappa shape index (κ2) is 4.24. The number of carbonyl (C=O) groups is 1. The third-order valence-corrected chi connectivity index (χ3v) is 2.96. The van der Waals surface area contributed by atoms with Gasteiger partial charge in [-0.2, -0.15) is 0 Å². The van der Waals surface area contributed by atoms with Crippen molar-refractivity contribution >= 4 is 18.2 Å². The van der Waals surface area contributed by atoms with Crippen molar-refractivity contribution in [2.75, 3.05) is 6.54 Å². The van der Waals surface area contributed by atoms with Crippen LogP contribution in [0.1, 0.15) is 32.1 Å². The minimum Gasteiger partial charge on any atom is -0.313 e. The van der Waals surface area contributed by atoms with E-state index in [1.807, 2.05) is 0 Å². The Hall–Kier alpha value is -0.0800. The first-order valence-electron chi connectivity index (χ1n) is 4.64. The molecule has 2 nitrogen and oxygen atoms in total. The second-order valence-electron chi connectivity index (χ2n) is 3.67. The number of rotatable bonds is 0. The van der Waals surface area contributed by atoms with E-state index in [0.717, 1.165) is 19.4 Å². The summed E-state index contributed by atoms with van der Waals surface area (Å²) >= 11 is 0. The quantitative estimate of drug-likeness (QED) is 0.626. The average molecular weight is 190 g/mol. The Bertz CT molecular complexity index is 170. The minimum atomic E-state index is 0. The van der Waals surface area contributed by atoms with Crippen molar-refractivity contribution in [2.45, 2.75) is 38.1 Å². The monoisotopic (exact) mass is 189 g/mol. The smallest absolute Gasteiger partial charge is 0.138 e. The van der Waals surface area contributed by atoms with E-state index < -0.39 is 0 Å². The molecular formula is C9H16ClNO. The van der Waals surface area contributed by atoms with Crippen molar-refractivity contribution in [3.05, 3.63) is 0 Å². The summed E-state index contributed by atoms with van der Waals surface area (Å²) in [5.74, 6) is 0.881. The summed E-state index contributed by atoms with van der Waals surface area (Å²) < 4.78 is 0. The molecule has 0 amide bonds. The molecule has 0 aromatic carbocycles. The normalized spacial score (nSPS) is 35.2. The molecule has 1 aliphatic carbocycles. The van der Waals surface area contributed by atoms with Gasteiger partial charge in [0.2, 0.25) is 0 Å². The number of carbonyl (C=O) groups excluding carboxylic acids is 1. The Balaban J connectivity index is 0.000000720. The number of piperidine rings is 1.